The molecule has 0 aliphatic carbocycles. The standard InChI is InChI=1S/C45H53N3O6S/c1-8-29-13-16-39(49-4)41(23-29)53-32-14-11-30(12-15-32)22-38-35-25-42(40(50-5)24-31(35)17-20-48(38)3)54-44-37-28-47(2)19-18-34(37)36(43(51-6)45(44)52-7)27-46-26-33-10-9-21-55-33/h9-16,21,23-25,38,46H,8,17-20,22,26-28H2,1-7H3/t38-/m0/s1. The fraction of sp³-hybridized carbons (Fsp3) is 0.378. The van der Waals surface area contributed by atoms with E-state index in [0.29, 0.717) is 35.3 Å². The Balaban J connectivity index is 1.19. The van der Waals surface area contributed by atoms with Crippen LogP contribution >= 0.6 is 11.3 Å². The molecule has 3 heterocycles. The first-order chi connectivity index (χ1) is 26.8. The molecule has 290 valence electrons. The number of methoxy groups -OCH3 is 4. The van der Waals surface area contributed by atoms with Crippen LogP contribution in [0.15, 0.2) is 72.1 Å². The number of nitrogens with one attached hydrogen (secondary N) is 1. The van der Waals surface area contributed by atoms with Gasteiger partial charge < -0.3 is 38.6 Å². The van der Waals surface area contributed by atoms with Crippen LogP contribution in [-0.4, -0.2) is 65.4 Å². The van der Waals surface area contributed by atoms with Gasteiger partial charge in [0.15, 0.2) is 34.5 Å². The average molecular weight is 764 g/mol. The fourth-order valence-electron chi connectivity index (χ4n) is 7.89. The Bertz CT molecular complexity index is 2080. The smallest absolute Gasteiger partial charge is 0.204 e. The third kappa shape index (κ3) is 8.28. The van der Waals surface area contributed by atoms with Crippen LogP contribution in [0.3, 0.4) is 0 Å². The lowest BCUT2D eigenvalue weighted by atomic mass is 9.88. The summed E-state index contributed by atoms with van der Waals surface area (Å²) in [7, 11) is 11.1. The maximum absolute atomic E-state index is 7.02. The summed E-state index contributed by atoms with van der Waals surface area (Å²) >= 11 is 1.76. The first kappa shape index (κ1) is 38.5. The zero-order chi connectivity index (χ0) is 38.5. The first-order valence-electron chi connectivity index (χ1n) is 19.1. The van der Waals surface area contributed by atoms with Gasteiger partial charge in [0.1, 0.15) is 5.75 Å². The number of hydrogen-bond acceptors (Lipinski definition) is 10. The largest absolute Gasteiger partial charge is 0.493 e. The van der Waals surface area contributed by atoms with E-state index in [-0.39, 0.29) is 6.04 Å². The molecule has 1 aromatic heterocycles. The minimum Gasteiger partial charge on any atom is -0.493 e. The highest BCUT2D eigenvalue weighted by Gasteiger charge is 2.32. The number of nitrogens with zero attached hydrogens (tertiary/aromatic N) is 2. The number of benzene rings is 4. The lowest BCUT2D eigenvalue weighted by molar-refractivity contribution is 0.228. The van der Waals surface area contributed by atoms with E-state index in [1.54, 1.807) is 39.8 Å². The molecule has 1 atom stereocenters. The van der Waals surface area contributed by atoms with Gasteiger partial charge >= 0.3 is 0 Å². The van der Waals surface area contributed by atoms with Gasteiger partial charge in [0, 0.05) is 54.8 Å². The summed E-state index contributed by atoms with van der Waals surface area (Å²) in [6.07, 6.45) is 3.56. The maximum Gasteiger partial charge on any atom is 0.204 e. The predicted molar refractivity (Wildman–Crippen MR) is 219 cm³/mol. The van der Waals surface area contributed by atoms with Crippen molar-refractivity contribution in [1.82, 2.24) is 15.1 Å². The molecule has 0 amide bonds. The van der Waals surface area contributed by atoms with Gasteiger partial charge in [0.05, 0.1) is 28.4 Å². The van der Waals surface area contributed by atoms with Crippen LogP contribution in [0.1, 0.15) is 56.8 Å². The molecule has 1 N–H and O–H groups in total. The van der Waals surface area contributed by atoms with Gasteiger partial charge in [0.2, 0.25) is 5.75 Å². The Morgan fingerprint density at radius 3 is 2.18 bits per heavy atom. The van der Waals surface area contributed by atoms with Crippen LogP contribution in [0.2, 0.25) is 0 Å². The van der Waals surface area contributed by atoms with E-state index in [1.165, 1.54) is 32.7 Å². The van der Waals surface area contributed by atoms with E-state index in [9.17, 15) is 0 Å². The molecule has 0 bridgehead atoms. The number of likely N-dealkylation sites (N-methyl/N-ethyl adjacent to an activating group) is 2. The molecule has 7 rings (SSSR count). The highest BCUT2D eigenvalue weighted by molar-refractivity contribution is 7.09. The van der Waals surface area contributed by atoms with Crippen LogP contribution in [0.25, 0.3) is 0 Å². The highest BCUT2D eigenvalue weighted by atomic mass is 32.1. The van der Waals surface area contributed by atoms with Crippen LogP contribution < -0.4 is 33.7 Å². The molecule has 0 saturated heterocycles. The van der Waals surface area contributed by atoms with Crippen LogP contribution in [0, 0.1) is 0 Å². The molecule has 55 heavy (non-hydrogen) atoms. The monoisotopic (exact) mass is 763 g/mol. The van der Waals surface area contributed by atoms with Gasteiger partial charge in [0.25, 0.3) is 0 Å². The van der Waals surface area contributed by atoms with E-state index in [1.807, 2.05) is 24.3 Å². The summed E-state index contributed by atoms with van der Waals surface area (Å²) in [5.74, 6) is 5.56. The second-order valence-electron chi connectivity index (χ2n) is 14.3. The molecule has 9 nitrogen and oxygen atoms in total. The van der Waals surface area contributed by atoms with Gasteiger partial charge in [-0.2, -0.15) is 0 Å². The average Bonchev–Trinajstić information content (AvgIpc) is 3.73. The molecular formula is C45H53N3O6S. The van der Waals surface area contributed by atoms with Gasteiger partial charge in [-0.25, -0.2) is 0 Å². The van der Waals surface area contributed by atoms with Gasteiger partial charge in [-0.1, -0.05) is 31.2 Å². The Hall–Kier alpha value is -4.74. The summed E-state index contributed by atoms with van der Waals surface area (Å²) in [6, 6.07) is 23.2. The Morgan fingerprint density at radius 2 is 1.47 bits per heavy atom. The predicted octanol–water partition coefficient (Wildman–Crippen LogP) is 8.98. The minimum atomic E-state index is 0.137. The summed E-state index contributed by atoms with van der Waals surface area (Å²) in [4.78, 5) is 6.06. The number of hydrogen-bond donors (Lipinski definition) is 1. The molecule has 0 radical (unpaired) electrons. The van der Waals surface area contributed by atoms with E-state index in [0.717, 1.165) is 80.2 Å². The van der Waals surface area contributed by atoms with Crippen LogP contribution in [-0.2, 0) is 45.3 Å². The lowest BCUT2D eigenvalue weighted by Gasteiger charge is -2.36. The van der Waals surface area contributed by atoms with Gasteiger partial charge in [-0.05, 0) is 115 Å². The molecule has 0 fully saturated rings. The summed E-state index contributed by atoms with van der Waals surface area (Å²) < 4.78 is 37.2. The SMILES string of the molecule is CCc1ccc(OC)c(Oc2ccc(C[C@H]3c4cc(Oc5c6c(c(CNCc7cccs7)c(OC)c5OC)CCN(C)C6)c(OC)cc4CCN3C)cc2)c1. The third-order valence-electron chi connectivity index (χ3n) is 10.9. The number of rotatable bonds is 15. The molecule has 0 unspecified atom stereocenters. The Kier molecular flexibility index (Phi) is 12.2. The molecule has 2 aliphatic rings. The van der Waals surface area contributed by atoms with Gasteiger partial charge in [-0.3, -0.25) is 4.90 Å². The van der Waals surface area contributed by atoms with Crippen molar-refractivity contribution < 1.29 is 28.4 Å². The number of fused-ring (bicyclic) bond motifs is 2. The minimum absolute atomic E-state index is 0.137. The molecular weight excluding hydrogens is 711 g/mol. The molecule has 0 saturated carbocycles. The molecule has 5 aromatic rings. The summed E-state index contributed by atoms with van der Waals surface area (Å²) in [6.45, 7) is 6.21. The van der Waals surface area contributed by atoms with Gasteiger partial charge in [-0.15, -0.1) is 11.3 Å². The van der Waals surface area contributed by atoms with Crippen molar-refractivity contribution >= 4 is 11.3 Å². The fourth-order valence-corrected chi connectivity index (χ4v) is 8.56. The van der Waals surface area contributed by atoms with Crippen molar-refractivity contribution in [3.8, 4) is 46.0 Å². The summed E-state index contributed by atoms with van der Waals surface area (Å²) in [5.41, 5.74) is 8.42. The molecule has 2 aliphatic heterocycles. The van der Waals surface area contributed by atoms with Crippen LogP contribution in [0.5, 0.6) is 46.0 Å². The van der Waals surface area contributed by atoms with E-state index < -0.39 is 0 Å². The van der Waals surface area contributed by atoms with E-state index >= 15 is 0 Å². The molecule has 0 spiro atoms. The topological polar surface area (TPSA) is 73.9 Å². The highest BCUT2D eigenvalue weighted by Crippen LogP contribution is 2.51. The first-order valence-corrected chi connectivity index (χ1v) is 19.9. The molecule has 4 aromatic carbocycles. The van der Waals surface area contributed by atoms with Crippen LogP contribution in [0.4, 0.5) is 0 Å². The van der Waals surface area contributed by atoms with Crippen molar-refractivity contribution in [2.24, 2.45) is 0 Å². The number of ether oxygens (including phenoxy) is 6. The van der Waals surface area contributed by atoms with E-state index in [4.69, 9.17) is 28.4 Å². The Morgan fingerprint density at radius 1 is 0.709 bits per heavy atom. The lowest BCUT2D eigenvalue weighted by Crippen LogP contribution is -2.33. The second-order valence-corrected chi connectivity index (χ2v) is 15.4. The zero-order valence-electron chi connectivity index (χ0n) is 33.1. The second kappa shape index (κ2) is 17.4. The summed E-state index contributed by atoms with van der Waals surface area (Å²) in [5, 5.41) is 5.76. The number of thiophene rings is 1. The quantitative estimate of drug-likeness (QED) is 0.113. The van der Waals surface area contributed by atoms with Crippen molar-refractivity contribution in [3.05, 3.63) is 116 Å². The maximum atomic E-state index is 7.02. The van der Waals surface area contributed by atoms with Crippen molar-refractivity contribution in [2.75, 3.05) is 55.6 Å². The Labute approximate surface area is 329 Å². The molecule has 10 heteroatoms. The zero-order valence-corrected chi connectivity index (χ0v) is 33.9. The van der Waals surface area contributed by atoms with E-state index in [2.05, 4.69) is 84.0 Å². The van der Waals surface area contributed by atoms with Crippen molar-refractivity contribution in [2.45, 2.75) is 58.3 Å². The number of aryl methyl sites for hydroxylation is 1. The normalized spacial score (nSPS) is 15.6. The third-order valence-corrected chi connectivity index (χ3v) is 11.8. The van der Waals surface area contributed by atoms with Crippen molar-refractivity contribution in [1.29, 1.82) is 0 Å². The van der Waals surface area contributed by atoms with Crippen molar-refractivity contribution in [3.63, 3.8) is 0 Å².